The van der Waals surface area contributed by atoms with Gasteiger partial charge in [0.2, 0.25) is 0 Å². The molecule has 0 aliphatic heterocycles. The summed E-state index contributed by atoms with van der Waals surface area (Å²) in [6.45, 7) is 1.18. The summed E-state index contributed by atoms with van der Waals surface area (Å²) in [5.74, 6) is 1.03. The number of benzene rings is 2. The molecule has 0 atom stereocenters. The zero-order valence-electron chi connectivity index (χ0n) is 10.7. The van der Waals surface area contributed by atoms with Gasteiger partial charge in [-0.15, -0.1) is 0 Å². The topological polar surface area (TPSA) is 12.0 Å². The largest absolute Gasteiger partial charge is 0.384 e. The lowest BCUT2D eigenvalue weighted by Gasteiger charge is -2.16. The fourth-order valence-electron chi connectivity index (χ4n) is 3.16. The van der Waals surface area contributed by atoms with Gasteiger partial charge in [-0.3, -0.25) is 0 Å². The Morgan fingerprint density at radius 3 is 2.50 bits per heavy atom. The summed E-state index contributed by atoms with van der Waals surface area (Å²) in [6, 6.07) is 15.3. The van der Waals surface area contributed by atoms with E-state index in [-0.39, 0.29) is 0 Å². The first-order chi connectivity index (χ1) is 8.86. The lowest BCUT2D eigenvalue weighted by atomic mass is 10.0. The van der Waals surface area contributed by atoms with E-state index in [1.54, 1.807) is 0 Å². The number of fused-ring (bicyclic) bond motifs is 1. The third kappa shape index (κ3) is 1.78. The van der Waals surface area contributed by atoms with Gasteiger partial charge in [-0.2, -0.15) is 0 Å². The van der Waals surface area contributed by atoms with Gasteiger partial charge in [0.1, 0.15) is 0 Å². The molecule has 0 aromatic heterocycles. The Morgan fingerprint density at radius 2 is 1.78 bits per heavy atom. The van der Waals surface area contributed by atoms with Crippen LogP contribution in [-0.2, 0) is 0 Å². The van der Waals surface area contributed by atoms with Crippen molar-refractivity contribution >= 4 is 16.5 Å². The lowest BCUT2D eigenvalue weighted by Crippen LogP contribution is -2.17. The number of rotatable bonds is 4. The first-order valence-electron chi connectivity index (χ1n) is 7.08. The fourth-order valence-corrected chi connectivity index (χ4v) is 3.16. The minimum Gasteiger partial charge on any atom is -0.384 e. The Bertz CT molecular complexity index is 579. The summed E-state index contributed by atoms with van der Waals surface area (Å²) in [6.07, 6.45) is 5.83. The highest BCUT2D eigenvalue weighted by Gasteiger charge is 2.53. The van der Waals surface area contributed by atoms with Crippen LogP contribution >= 0.6 is 0 Å². The summed E-state index contributed by atoms with van der Waals surface area (Å²) in [4.78, 5) is 0. The molecule has 0 heterocycles. The van der Waals surface area contributed by atoms with Crippen molar-refractivity contribution in [3.8, 4) is 0 Å². The molecule has 2 aromatic rings. The van der Waals surface area contributed by atoms with E-state index in [4.69, 9.17) is 0 Å². The minimum atomic E-state index is 0.672. The molecule has 1 heteroatoms. The highest BCUT2D eigenvalue weighted by atomic mass is 14.9. The fraction of sp³-hybridized carbons (Fsp3) is 0.412. The molecular weight excluding hydrogens is 218 g/mol. The molecule has 0 saturated heterocycles. The van der Waals surface area contributed by atoms with Gasteiger partial charge in [-0.1, -0.05) is 30.3 Å². The van der Waals surface area contributed by atoms with E-state index >= 15 is 0 Å². The Kier molecular flexibility index (Phi) is 2.17. The normalized spacial score (nSPS) is 20.9. The van der Waals surface area contributed by atoms with Crippen molar-refractivity contribution < 1.29 is 0 Å². The Balaban J connectivity index is 1.52. The number of anilines is 1. The molecule has 0 spiro atoms. The average molecular weight is 237 g/mol. The molecule has 0 radical (unpaired) electrons. The molecule has 18 heavy (non-hydrogen) atoms. The van der Waals surface area contributed by atoms with Crippen LogP contribution in [-0.4, -0.2) is 6.54 Å². The molecule has 4 rings (SSSR count). The predicted molar refractivity (Wildman–Crippen MR) is 76.8 cm³/mol. The summed E-state index contributed by atoms with van der Waals surface area (Å²) in [7, 11) is 0. The number of nitrogens with one attached hydrogen (secondary N) is 1. The second-order valence-corrected chi connectivity index (χ2v) is 6.05. The van der Waals surface area contributed by atoms with Crippen LogP contribution in [0.1, 0.15) is 25.7 Å². The monoisotopic (exact) mass is 237 g/mol. The van der Waals surface area contributed by atoms with E-state index in [1.807, 2.05) is 0 Å². The second-order valence-electron chi connectivity index (χ2n) is 6.05. The molecule has 0 bridgehead atoms. The van der Waals surface area contributed by atoms with Gasteiger partial charge in [0, 0.05) is 12.2 Å². The summed E-state index contributed by atoms with van der Waals surface area (Å²) in [5.41, 5.74) is 1.95. The molecule has 2 saturated carbocycles. The molecule has 2 aliphatic carbocycles. The molecule has 1 nitrogen and oxygen atoms in total. The Morgan fingerprint density at radius 1 is 1.00 bits per heavy atom. The summed E-state index contributed by atoms with van der Waals surface area (Å²) in [5, 5.41) is 6.32. The molecule has 0 amide bonds. The number of hydrogen-bond donors (Lipinski definition) is 1. The van der Waals surface area contributed by atoms with Crippen LogP contribution in [0.25, 0.3) is 10.8 Å². The average Bonchev–Trinajstić information content (AvgIpc) is 3.28. The Labute approximate surface area is 108 Å². The van der Waals surface area contributed by atoms with Crippen LogP contribution in [0.2, 0.25) is 0 Å². The first kappa shape index (κ1) is 10.4. The van der Waals surface area contributed by atoms with Gasteiger partial charge >= 0.3 is 0 Å². The van der Waals surface area contributed by atoms with Crippen molar-refractivity contribution in [2.24, 2.45) is 11.3 Å². The van der Waals surface area contributed by atoms with Crippen LogP contribution in [0, 0.1) is 11.3 Å². The van der Waals surface area contributed by atoms with Gasteiger partial charge in [0.25, 0.3) is 0 Å². The van der Waals surface area contributed by atoms with Crippen LogP contribution in [0.5, 0.6) is 0 Å². The highest BCUT2D eigenvalue weighted by Crippen LogP contribution is 2.61. The van der Waals surface area contributed by atoms with Crippen molar-refractivity contribution in [2.45, 2.75) is 25.7 Å². The molecule has 0 unspecified atom stereocenters. The molecule has 2 fully saturated rings. The molecule has 2 aromatic carbocycles. The van der Waals surface area contributed by atoms with E-state index in [2.05, 4.69) is 47.8 Å². The quantitative estimate of drug-likeness (QED) is 0.828. The third-order valence-electron chi connectivity index (χ3n) is 4.73. The van der Waals surface area contributed by atoms with Crippen molar-refractivity contribution in [2.75, 3.05) is 11.9 Å². The highest BCUT2D eigenvalue weighted by molar-refractivity contribution is 5.85. The van der Waals surface area contributed by atoms with E-state index in [9.17, 15) is 0 Å². The van der Waals surface area contributed by atoms with Gasteiger partial charge in [0.05, 0.1) is 0 Å². The third-order valence-corrected chi connectivity index (χ3v) is 4.73. The predicted octanol–water partition coefficient (Wildman–Crippen LogP) is 4.44. The second kappa shape index (κ2) is 3.74. The van der Waals surface area contributed by atoms with E-state index in [0.29, 0.717) is 5.41 Å². The van der Waals surface area contributed by atoms with Gasteiger partial charge < -0.3 is 5.32 Å². The van der Waals surface area contributed by atoms with Gasteiger partial charge in [0.15, 0.2) is 0 Å². The summed E-state index contributed by atoms with van der Waals surface area (Å²) < 4.78 is 0. The van der Waals surface area contributed by atoms with Crippen LogP contribution < -0.4 is 5.32 Å². The SMILES string of the molecule is c1ccc2cc(NCC3(C4CC4)CC3)ccc2c1. The van der Waals surface area contributed by atoms with E-state index in [1.165, 1.54) is 48.7 Å². The van der Waals surface area contributed by atoms with Crippen LogP contribution in [0.15, 0.2) is 42.5 Å². The molecular formula is C17H19N. The summed E-state index contributed by atoms with van der Waals surface area (Å²) >= 11 is 0. The van der Waals surface area contributed by atoms with Crippen molar-refractivity contribution in [1.29, 1.82) is 0 Å². The first-order valence-corrected chi connectivity index (χ1v) is 7.08. The molecule has 1 N–H and O–H groups in total. The van der Waals surface area contributed by atoms with Gasteiger partial charge in [-0.05, 0) is 59.9 Å². The maximum absolute atomic E-state index is 3.66. The van der Waals surface area contributed by atoms with Crippen molar-refractivity contribution in [3.05, 3.63) is 42.5 Å². The Hall–Kier alpha value is -1.50. The van der Waals surface area contributed by atoms with Crippen LogP contribution in [0.3, 0.4) is 0 Å². The lowest BCUT2D eigenvalue weighted by molar-refractivity contribution is 0.467. The number of hydrogen-bond acceptors (Lipinski definition) is 1. The zero-order chi connectivity index (χ0) is 12.0. The van der Waals surface area contributed by atoms with E-state index < -0.39 is 0 Å². The van der Waals surface area contributed by atoms with E-state index in [0.717, 1.165) is 5.92 Å². The smallest absolute Gasteiger partial charge is 0.0346 e. The zero-order valence-corrected chi connectivity index (χ0v) is 10.7. The maximum atomic E-state index is 3.66. The minimum absolute atomic E-state index is 0.672. The standard InChI is InChI=1S/C17H19N/c1-2-4-14-11-16(8-5-13(14)3-1)18-12-17(9-10-17)15-6-7-15/h1-5,8,11,15,18H,6-7,9-10,12H2. The van der Waals surface area contributed by atoms with Gasteiger partial charge in [-0.25, -0.2) is 0 Å². The molecule has 2 aliphatic rings. The van der Waals surface area contributed by atoms with Crippen LogP contribution in [0.4, 0.5) is 5.69 Å². The maximum Gasteiger partial charge on any atom is 0.0346 e. The molecule has 92 valence electrons. The van der Waals surface area contributed by atoms with Crippen molar-refractivity contribution in [1.82, 2.24) is 0 Å². The van der Waals surface area contributed by atoms with Crippen molar-refractivity contribution in [3.63, 3.8) is 0 Å².